The predicted octanol–water partition coefficient (Wildman–Crippen LogP) is 1.94. The molecular formula is C22H23N3O4. The number of carbonyl (C=O) groups is 3. The first-order chi connectivity index (χ1) is 14.1. The van der Waals surface area contributed by atoms with Gasteiger partial charge in [0.05, 0.1) is 30.0 Å². The first-order valence-electron chi connectivity index (χ1n) is 9.81. The smallest absolute Gasteiger partial charge is 0.266 e. The summed E-state index contributed by atoms with van der Waals surface area (Å²) in [5.74, 6) is -1.01. The van der Waals surface area contributed by atoms with Crippen LogP contribution in [0.5, 0.6) is 0 Å². The molecule has 0 aromatic heterocycles. The molecule has 7 nitrogen and oxygen atoms in total. The van der Waals surface area contributed by atoms with Gasteiger partial charge in [0.25, 0.3) is 17.7 Å². The summed E-state index contributed by atoms with van der Waals surface area (Å²) in [6.07, 6.45) is 0.843. The Labute approximate surface area is 169 Å². The van der Waals surface area contributed by atoms with Crippen molar-refractivity contribution >= 4 is 23.4 Å². The van der Waals surface area contributed by atoms with Crippen molar-refractivity contribution in [3.63, 3.8) is 0 Å². The molecule has 0 radical (unpaired) electrons. The van der Waals surface area contributed by atoms with E-state index >= 15 is 0 Å². The summed E-state index contributed by atoms with van der Waals surface area (Å²) in [5, 5.41) is 2.89. The van der Waals surface area contributed by atoms with Gasteiger partial charge >= 0.3 is 0 Å². The number of amides is 3. The molecule has 0 aliphatic carbocycles. The van der Waals surface area contributed by atoms with Crippen LogP contribution in [0.4, 0.5) is 5.69 Å². The molecule has 1 N–H and O–H groups in total. The van der Waals surface area contributed by atoms with Gasteiger partial charge in [-0.25, -0.2) is 4.90 Å². The van der Waals surface area contributed by atoms with Crippen LogP contribution in [0.2, 0.25) is 0 Å². The van der Waals surface area contributed by atoms with Gasteiger partial charge in [-0.15, -0.1) is 0 Å². The van der Waals surface area contributed by atoms with E-state index in [1.807, 2.05) is 6.07 Å². The molecule has 1 saturated heterocycles. The lowest BCUT2D eigenvalue weighted by Crippen LogP contribution is -2.38. The number of hydrogen-bond acceptors (Lipinski definition) is 5. The lowest BCUT2D eigenvalue weighted by molar-refractivity contribution is 0.0374. The number of nitrogens with zero attached hydrogens (tertiary/aromatic N) is 2. The van der Waals surface area contributed by atoms with Gasteiger partial charge in [-0.3, -0.25) is 19.3 Å². The lowest BCUT2D eigenvalue weighted by Gasteiger charge is -2.26. The molecule has 4 rings (SSSR count). The van der Waals surface area contributed by atoms with Crippen molar-refractivity contribution < 1.29 is 19.1 Å². The number of carbonyl (C=O) groups excluding carboxylic acids is 3. The van der Waals surface area contributed by atoms with Gasteiger partial charge in [0.15, 0.2) is 0 Å². The highest BCUT2D eigenvalue weighted by molar-refractivity contribution is 6.34. The van der Waals surface area contributed by atoms with Crippen molar-refractivity contribution in [1.29, 1.82) is 0 Å². The molecule has 150 valence electrons. The second kappa shape index (κ2) is 8.55. The van der Waals surface area contributed by atoms with Crippen molar-refractivity contribution in [2.24, 2.45) is 0 Å². The minimum atomic E-state index is -0.404. The maximum atomic E-state index is 12.8. The minimum absolute atomic E-state index is 0.242. The van der Waals surface area contributed by atoms with Gasteiger partial charge in [-0.2, -0.15) is 0 Å². The number of anilines is 1. The fourth-order valence-corrected chi connectivity index (χ4v) is 3.63. The van der Waals surface area contributed by atoms with Gasteiger partial charge < -0.3 is 10.1 Å². The zero-order chi connectivity index (χ0) is 20.2. The van der Waals surface area contributed by atoms with E-state index in [0.717, 1.165) is 44.2 Å². The molecule has 1 fully saturated rings. The van der Waals surface area contributed by atoms with E-state index in [0.29, 0.717) is 23.4 Å². The Morgan fingerprint density at radius 1 is 0.966 bits per heavy atom. The van der Waals surface area contributed by atoms with E-state index in [9.17, 15) is 14.4 Å². The molecule has 0 bridgehead atoms. The largest absolute Gasteiger partial charge is 0.379 e. The number of benzene rings is 2. The Balaban J connectivity index is 1.38. The molecule has 0 spiro atoms. The quantitative estimate of drug-likeness (QED) is 0.599. The highest BCUT2D eigenvalue weighted by Crippen LogP contribution is 2.28. The van der Waals surface area contributed by atoms with E-state index in [2.05, 4.69) is 10.2 Å². The van der Waals surface area contributed by atoms with Crippen LogP contribution in [0.3, 0.4) is 0 Å². The van der Waals surface area contributed by atoms with Crippen LogP contribution in [-0.4, -0.2) is 62.0 Å². The average Bonchev–Trinajstić information content (AvgIpc) is 3.02. The van der Waals surface area contributed by atoms with E-state index in [1.54, 1.807) is 36.4 Å². The Hall–Kier alpha value is -3.03. The van der Waals surface area contributed by atoms with Crippen LogP contribution >= 0.6 is 0 Å². The SMILES string of the molecule is O=C(NCCCN1CCOCC1)c1ccc2c(c1)C(=O)N(c1ccccc1)C2=O. The lowest BCUT2D eigenvalue weighted by atomic mass is 10.1. The molecule has 0 saturated carbocycles. The van der Waals surface area contributed by atoms with Crippen LogP contribution in [0.1, 0.15) is 37.5 Å². The van der Waals surface area contributed by atoms with Crippen LogP contribution < -0.4 is 10.2 Å². The maximum Gasteiger partial charge on any atom is 0.266 e. The molecule has 29 heavy (non-hydrogen) atoms. The number of imide groups is 1. The highest BCUT2D eigenvalue weighted by Gasteiger charge is 2.37. The van der Waals surface area contributed by atoms with Crippen molar-refractivity contribution in [2.75, 3.05) is 44.3 Å². The summed E-state index contributed by atoms with van der Waals surface area (Å²) in [4.78, 5) is 41.4. The number of morpholine rings is 1. The molecule has 3 amide bonds. The minimum Gasteiger partial charge on any atom is -0.379 e. The fourth-order valence-electron chi connectivity index (χ4n) is 3.63. The second-order valence-electron chi connectivity index (χ2n) is 7.11. The average molecular weight is 393 g/mol. The van der Waals surface area contributed by atoms with Crippen LogP contribution in [0.15, 0.2) is 48.5 Å². The van der Waals surface area contributed by atoms with E-state index in [-0.39, 0.29) is 17.4 Å². The normalized spacial score (nSPS) is 16.8. The molecule has 7 heteroatoms. The standard InChI is InChI=1S/C22H23N3O4/c26-20(23-9-4-10-24-11-13-29-14-12-24)16-7-8-18-19(15-16)22(28)25(21(18)27)17-5-2-1-3-6-17/h1-3,5-8,15H,4,9-14H2,(H,23,26). The summed E-state index contributed by atoms with van der Waals surface area (Å²) in [5.41, 5.74) is 1.49. The molecular weight excluding hydrogens is 370 g/mol. The first-order valence-corrected chi connectivity index (χ1v) is 9.81. The molecule has 2 aliphatic heterocycles. The summed E-state index contributed by atoms with van der Waals surface area (Å²) in [6, 6.07) is 13.5. The molecule has 0 atom stereocenters. The van der Waals surface area contributed by atoms with Gasteiger partial charge in [-0.05, 0) is 43.3 Å². The fraction of sp³-hybridized carbons (Fsp3) is 0.318. The van der Waals surface area contributed by atoms with E-state index < -0.39 is 5.91 Å². The van der Waals surface area contributed by atoms with Crippen molar-refractivity contribution in [2.45, 2.75) is 6.42 Å². The van der Waals surface area contributed by atoms with Crippen molar-refractivity contribution in [1.82, 2.24) is 10.2 Å². The van der Waals surface area contributed by atoms with Crippen molar-refractivity contribution in [3.05, 3.63) is 65.2 Å². The molecule has 2 heterocycles. The van der Waals surface area contributed by atoms with Crippen molar-refractivity contribution in [3.8, 4) is 0 Å². The summed E-state index contributed by atoms with van der Waals surface area (Å²) >= 11 is 0. The number of ether oxygens (including phenoxy) is 1. The van der Waals surface area contributed by atoms with E-state index in [1.165, 1.54) is 6.07 Å². The zero-order valence-electron chi connectivity index (χ0n) is 16.1. The van der Waals surface area contributed by atoms with Crippen LogP contribution in [-0.2, 0) is 4.74 Å². The summed E-state index contributed by atoms with van der Waals surface area (Å²) in [7, 11) is 0. The molecule has 2 aromatic rings. The predicted molar refractivity (Wildman–Crippen MR) is 108 cm³/mol. The van der Waals surface area contributed by atoms with Gasteiger partial charge in [0, 0.05) is 25.2 Å². The number of fused-ring (bicyclic) bond motifs is 1. The number of para-hydroxylation sites is 1. The van der Waals surface area contributed by atoms with Crippen LogP contribution in [0.25, 0.3) is 0 Å². The topological polar surface area (TPSA) is 79.0 Å². The third-order valence-electron chi connectivity index (χ3n) is 5.20. The first kappa shape index (κ1) is 19.3. The third-order valence-corrected chi connectivity index (χ3v) is 5.20. The number of nitrogens with one attached hydrogen (secondary N) is 1. The van der Waals surface area contributed by atoms with Crippen LogP contribution in [0, 0.1) is 0 Å². The number of rotatable bonds is 6. The second-order valence-corrected chi connectivity index (χ2v) is 7.11. The summed E-state index contributed by atoms with van der Waals surface area (Å²) in [6.45, 7) is 4.82. The third kappa shape index (κ3) is 4.06. The Morgan fingerprint density at radius 2 is 1.69 bits per heavy atom. The number of hydrogen-bond donors (Lipinski definition) is 1. The molecule has 0 unspecified atom stereocenters. The Bertz CT molecular complexity index is 923. The van der Waals surface area contributed by atoms with Gasteiger partial charge in [0.2, 0.25) is 0 Å². The Kier molecular flexibility index (Phi) is 5.69. The highest BCUT2D eigenvalue weighted by atomic mass is 16.5. The van der Waals surface area contributed by atoms with Gasteiger partial charge in [-0.1, -0.05) is 18.2 Å². The van der Waals surface area contributed by atoms with Gasteiger partial charge in [0.1, 0.15) is 0 Å². The molecule has 2 aromatic carbocycles. The Morgan fingerprint density at radius 3 is 2.45 bits per heavy atom. The molecule has 2 aliphatic rings. The maximum absolute atomic E-state index is 12.8. The monoisotopic (exact) mass is 393 g/mol. The summed E-state index contributed by atoms with van der Waals surface area (Å²) < 4.78 is 5.32. The zero-order valence-corrected chi connectivity index (χ0v) is 16.1. The van der Waals surface area contributed by atoms with E-state index in [4.69, 9.17) is 4.74 Å².